The highest BCUT2D eigenvalue weighted by Gasteiger charge is 2.21. The summed E-state index contributed by atoms with van der Waals surface area (Å²) in [6, 6.07) is 26.5. The summed E-state index contributed by atoms with van der Waals surface area (Å²) >= 11 is 0. The smallest absolute Gasteiger partial charge is 0.141 e. The molecule has 0 heterocycles. The quantitative estimate of drug-likeness (QED) is 0.345. The molecular formula is C30H36N2O. The minimum Gasteiger partial charge on any atom is -0.478 e. The van der Waals surface area contributed by atoms with Gasteiger partial charge in [-0.3, -0.25) is 4.90 Å². The van der Waals surface area contributed by atoms with Gasteiger partial charge in [0.2, 0.25) is 0 Å². The van der Waals surface area contributed by atoms with E-state index in [9.17, 15) is 0 Å². The van der Waals surface area contributed by atoms with E-state index in [2.05, 4.69) is 117 Å². The summed E-state index contributed by atoms with van der Waals surface area (Å²) in [5.41, 5.74) is 6.82. The van der Waals surface area contributed by atoms with Crippen molar-refractivity contribution >= 4 is 12.2 Å². The predicted octanol–water partition coefficient (Wildman–Crippen LogP) is 6.67. The lowest BCUT2D eigenvalue weighted by Gasteiger charge is -2.23. The van der Waals surface area contributed by atoms with Crippen LogP contribution in [0.3, 0.4) is 0 Å². The van der Waals surface area contributed by atoms with Gasteiger partial charge >= 0.3 is 0 Å². The van der Waals surface area contributed by atoms with Crippen molar-refractivity contribution in [3.8, 4) is 5.75 Å². The molecule has 4 rings (SSSR count). The van der Waals surface area contributed by atoms with Gasteiger partial charge in [0.25, 0.3) is 0 Å². The third kappa shape index (κ3) is 5.73. The van der Waals surface area contributed by atoms with Crippen LogP contribution in [0.1, 0.15) is 59.5 Å². The molecule has 0 fully saturated rings. The molecule has 0 radical (unpaired) electrons. The molecule has 172 valence electrons. The summed E-state index contributed by atoms with van der Waals surface area (Å²) in [6.07, 6.45) is 6.76. The van der Waals surface area contributed by atoms with Gasteiger partial charge in [-0.05, 0) is 80.9 Å². The normalized spacial score (nSPS) is 14.1. The van der Waals surface area contributed by atoms with Crippen LogP contribution < -0.4 is 4.74 Å². The first kappa shape index (κ1) is 23.3. The first-order valence-electron chi connectivity index (χ1n) is 12.0. The molecule has 3 aromatic carbocycles. The summed E-state index contributed by atoms with van der Waals surface area (Å²) in [7, 11) is 6.35. The van der Waals surface area contributed by atoms with E-state index in [0.29, 0.717) is 18.7 Å². The first-order valence-corrected chi connectivity index (χ1v) is 12.0. The third-order valence-electron chi connectivity index (χ3n) is 6.78. The fourth-order valence-electron chi connectivity index (χ4n) is 4.60. The minimum atomic E-state index is 0.367. The Morgan fingerprint density at radius 3 is 2.09 bits per heavy atom. The second-order valence-corrected chi connectivity index (χ2v) is 9.35. The van der Waals surface area contributed by atoms with Gasteiger partial charge < -0.3 is 9.64 Å². The van der Waals surface area contributed by atoms with Crippen LogP contribution in [-0.2, 0) is 0 Å². The number of hydrogen-bond donors (Lipinski definition) is 0. The molecule has 0 spiro atoms. The van der Waals surface area contributed by atoms with Crippen molar-refractivity contribution in [3.63, 3.8) is 0 Å². The number of hydrogen-bond acceptors (Lipinski definition) is 3. The predicted molar refractivity (Wildman–Crippen MR) is 140 cm³/mol. The first-order chi connectivity index (χ1) is 16.0. The summed E-state index contributed by atoms with van der Waals surface area (Å²) in [5, 5.41) is 0. The van der Waals surface area contributed by atoms with E-state index >= 15 is 0 Å². The van der Waals surface area contributed by atoms with E-state index in [1.54, 1.807) is 0 Å². The zero-order valence-corrected chi connectivity index (χ0v) is 20.4. The summed E-state index contributed by atoms with van der Waals surface area (Å²) < 4.78 is 6.11. The maximum Gasteiger partial charge on any atom is 0.141 e. The molecule has 3 aromatic rings. The Kier molecular flexibility index (Phi) is 7.64. The molecule has 0 unspecified atom stereocenters. The lowest BCUT2D eigenvalue weighted by molar-refractivity contribution is 0.150. The van der Waals surface area contributed by atoms with Gasteiger partial charge in [-0.1, -0.05) is 72.8 Å². The molecule has 1 aliphatic carbocycles. The van der Waals surface area contributed by atoms with E-state index in [4.69, 9.17) is 4.74 Å². The number of benzene rings is 3. The zero-order chi connectivity index (χ0) is 23.2. The highest BCUT2D eigenvalue weighted by Crippen LogP contribution is 2.37. The second-order valence-electron chi connectivity index (χ2n) is 9.35. The van der Waals surface area contributed by atoms with Crippen LogP contribution in [0.5, 0.6) is 5.75 Å². The zero-order valence-electron chi connectivity index (χ0n) is 20.4. The van der Waals surface area contributed by atoms with Crippen LogP contribution in [0.25, 0.3) is 12.2 Å². The topological polar surface area (TPSA) is 15.7 Å². The van der Waals surface area contributed by atoms with Crippen molar-refractivity contribution in [1.29, 1.82) is 0 Å². The average Bonchev–Trinajstić information content (AvgIpc) is 2.99. The Bertz CT molecular complexity index is 1040. The van der Waals surface area contributed by atoms with Gasteiger partial charge in [0.05, 0.1) is 0 Å². The van der Waals surface area contributed by atoms with E-state index < -0.39 is 0 Å². The lowest BCUT2D eigenvalue weighted by atomic mass is 9.84. The fourth-order valence-corrected chi connectivity index (χ4v) is 4.60. The number of ether oxygens (including phenoxy) is 1. The van der Waals surface area contributed by atoms with E-state index in [1.165, 1.54) is 27.8 Å². The monoisotopic (exact) mass is 440 g/mol. The van der Waals surface area contributed by atoms with Crippen LogP contribution in [-0.4, -0.2) is 44.2 Å². The Balaban J connectivity index is 1.35. The van der Waals surface area contributed by atoms with Crippen molar-refractivity contribution in [3.05, 3.63) is 101 Å². The number of nitrogens with zero attached hydrogens (tertiary/aromatic N) is 2. The number of fused-ring (bicyclic) bond motifs is 2. The van der Waals surface area contributed by atoms with Gasteiger partial charge in [0, 0.05) is 18.5 Å². The Morgan fingerprint density at radius 2 is 1.45 bits per heavy atom. The molecule has 0 aliphatic heterocycles. The van der Waals surface area contributed by atoms with Gasteiger partial charge in [-0.2, -0.15) is 0 Å². The fraction of sp³-hybridized carbons (Fsp3) is 0.333. The molecule has 3 heteroatoms. The van der Waals surface area contributed by atoms with E-state index in [0.717, 1.165) is 25.1 Å². The maximum absolute atomic E-state index is 6.11. The molecule has 0 saturated heterocycles. The molecule has 1 aliphatic rings. The Hall–Kier alpha value is -2.88. The second kappa shape index (κ2) is 10.8. The molecule has 3 nitrogen and oxygen atoms in total. The third-order valence-corrected chi connectivity index (χ3v) is 6.78. The standard InChI is InChI=1S/C30H36N2O/c1-23(31(2)3)26-13-9-14-27(21-26)33-22-32(4)20-10-17-30-28-15-7-5-11-24(28)18-19-25-12-6-8-16-29(25)30/h5-9,11-16,18-19,21,23,30H,10,17,20,22H2,1-4H3/t23-/m0/s1. The summed E-state index contributed by atoms with van der Waals surface area (Å²) in [6.45, 7) is 3.81. The minimum absolute atomic E-state index is 0.367. The molecule has 0 aromatic heterocycles. The SMILES string of the molecule is C[C@@H](c1cccc(OCN(C)CCCC2c3ccccc3C=Cc3ccccc32)c1)N(C)C. The molecule has 0 N–H and O–H groups in total. The number of rotatable bonds is 9. The molecule has 1 atom stereocenters. The lowest BCUT2D eigenvalue weighted by Crippen LogP contribution is -2.25. The molecule has 33 heavy (non-hydrogen) atoms. The van der Waals surface area contributed by atoms with Crippen LogP contribution >= 0.6 is 0 Å². The van der Waals surface area contributed by atoms with E-state index in [1.807, 2.05) is 6.07 Å². The van der Waals surface area contributed by atoms with Crippen molar-refractivity contribution in [2.75, 3.05) is 34.4 Å². The summed E-state index contributed by atoms with van der Waals surface area (Å²) in [4.78, 5) is 4.49. The van der Waals surface area contributed by atoms with E-state index in [-0.39, 0.29) is 0 Å². The average molecular weight is 441 g/mol. The molecule has 0 amide bonds. The summed E-state index contributed by atoms with van der Waals surface area (Å²) in [5.74, 6) is 1.36. The molecule has 0 saturated carbocycles. The van der Waals surface area contributed by atoms with Crippen LogP contribution in [0.4, 0.5) is 0 Å². The van der Waals surface area contributed by atoms with Crippen LogP contribution in [0, 0.1) is 0 Å². The Morgan fingerprint density at radius 1 is 0.818 bits per heavy atom. The largest absolute Gasteiger partial charge is 0.478 e. The van der Waals surface area contributed by atoms with Crippen molar-refractivity contribution in [2.24, 2.45) is 0 Å². The molecular weight excluding hydrogens is 404 g/mol. The van der Waals surface area contributed by atoms with Crippen molar-refractivity contribution < 1.29 is 4.74 Å². The van der Waals surface area contributed by atoms with Crippen LogP contribution in [0.2, 0.25) is 0 Å². The van der Waals surface area contributed by atoms with Crippen LogP contribution in [0.15, 0.2) is 72.8 Å². The van der Waals surface area contributed by atoms with Gasteiger partial charge in [-0.25, -0.2) is 0 Å². The van der Waals surface area contributed by atoms with Crippen molar-refractivity contribution in [1.82, 2.24) is 9.80 Å². The van der Waals surface area contributed by atoms with Gasteiger partial charge in [-0.15, -0.1) is 0 Å². The van der Waals surface area contributed by atoms with Crippen molar-refractivity contribution in [2.45, 2.75) is 31.7 Å². The highest BCUT2D eigenvalue weighted by molar-refractivity contribution is 5.76. The van der Waals surface area contributed by atoms with Gasteiger partial charge in [0.1, 0.15) is 12.5 Å². The Labute approximate surface area is 199 Å². The maximum atomic E-state index is 6.11. The highest BCUT2D eigenvalue weighted by atomic mass is 16.5. The van der Waals surface area contributed by atoms with Gasteiger partial charge in [0.15, 0.2) is 0 Å². The molecule has 0 bridgehead atoms.